The molecular formula is C25H27NO4. The molecule has 1 fully saturated rings. The van der Waals surface area contributed by atoms with Gasteiger partial charge in [-0.3, -0.25) is 4.79 Å². The molecule has 30 heavy (non-hydrogen) atoms. The molecule has 0 unspecified atom stereocenters. The molecule has 0 aromatic heterocycles. The van der Waals surface area contributed by atoms with E-state index < -0.39 is 35.2 Å². The Kier molecular flexibility index (Phi) is 3.97. The number of aliphatic hydroxyl groups excluding tert-OH is 1. The molecule has 2 amide bonds. The highest BCUT2D eigenvalue weighted by Crippen LogP contribution is 2.62. The number of imide groups is 1. The summed E-state index contributed by atoms with van der Waals surface area (Å²) in [6.45, 7) is 7.95. The molecule has 5 nitrogen and oxygen atoms in total. The van der Waals surface area contributed by atoms with Gasteiger partial charge in [0.25, 0.3) is 0 Å². The average molecular weight is 405 g/mol. The molecule has 156 valence electrons. The number of aliphatic hydroxyl groups is 1. The van der Waals surface area contributed by atoms with Crippen molar-refractivity contribution in [3.8, 4) is 0 Å². The van der Waals surface area contributed by atoms with E-state index in [2.05, 4.69) is 38.1 Å². The Balaban J connectivity index is 1.71. The minimum absolute atomic E-state index is 0.0688. The first kappa shape index (κ1) is 19.3. The van der Waals surface area contributed by atoms with Crippen LogP contribution in [0.2, 0.25) is 0 Å². The summed E-state index contributed by atoms with van der Waals surface area (Å²) in [6, 6.07) is 16.0. The fourth-order valence-electron chi connectivity index (χ4n) is 5.94. The van der Waals surface area contributed by atoms with E-state index in [-0.39, 0.29) is 18.2 Å². The number of carbonyl (C=O) groups is 2. The largest absolute Gasteiger partial charge is 0.442 e. The van der Waals surface area contributed by atoms with Gasteiger partial charge in [0, 0.05) is 5.41 Å². The molecule has 2 bridgehead atoms. The summed E-state index contributed by atoms with van der Waals surface area (Å²) in [5.41, 5.74) is 3.44. The van der Waals surface area contributed by atoms with E-state index in [1.165, 1.54) is 4.90 Å². The van der Waals surface area contributed by atoms with Crippen LogP contribution >= 0.6 is 0 Å². The molecule has 5 heteroatoms. The van der Waals surface area contributed by atoms with Crippen molar-refractivity contribution in [2.75, 3.05) is 0 Å². The van der Waals surface area contributed by atoms with Crippen LogP contribution in [0.5, 0.6) is 0 Å². The highest BCUT2D eigenvalue weighted by molar-refractivity contribution is 5.95. The van der Waals surface area contributed by atoms with Gasteiger partial charge in [-0.25, -0.2) is 9.69 Å². The summed E-state index contributed by atoms with van der Waals surface area (Å²) in [6.07, 6.45) is -1.97. The Morgan fingerprint density at radius 2 is 1.47 bits per heavy atom. The van der Waals surface area contributed by atoms with Gasteiger partial charge in [0.05, 0.1) is 24.0 Å². The normalized spacial score (nSPS) is 31.8. The fraction of sp³-hybridized carbons (Fsp3) is 0.440. The fourth-order valence-corrected chi connectivity index (χ4v) is 5.94. The summed E-state index contributed by atoms with van der Waals surface area (Å²) in [4.78, 5) is 27.6. The maximum atomic E-state index is 13.2. The molecule has 2 aromatic carbocycles. The van der Waals surface area contributed by atoms with Crippen LogP contribution in [0.4, 0.5) is 4.79 Å². The molecule has 3 atom stereocenters. The van der Waals surface area contributed by atoms with E-state index in [1.54, 1.807) is 0 Å². The third-order valence-corrected chi connectivity index (χ3v) is 7.66. The van der Waals surface area contributed by atoms with Gasteiger partial charge in [-0.15, -0.1) is 0 Å². The summed E-state index contributed by atoms with van der Waals surface area (Å²) >= 11 is 0. The van der Waals surface area contributed by atoms with Crippen molar-refractivity contribution in [1.29, 1.82) is 0 Å². The highest BCUT2D eigenvalue weighted by atomic mass is 16.6. The Labute approximate surface area is 176 Å². The number of nitrogens with zero attached hydrogens (tertiary/aromatic N) is 1. The van der Waals surface area contributed by atoms with Crippen molar-refractivity contribution in [3.63, 3.8) is 0 Å². The monoisotopic (exact) mass is 405 g/mol. The lowest BCUT2D eigenvalue weighted by atomic mass is 9.47. The molecule has 1 N–H and O–H groups in total. The van der Waals surface area contributed by atoms with Crippen molar-refractivity contribution in [1.82, 2.24) is 4.90 Å². The van der Waals surface area contributed by atoms with E-state index in [0.29, 0.717) is 0 Å². The minimum atomic E-state index is -0.798. The summed E-state index contributed by atoms with van der Waals surface area (Å²) < 4.78 is 5.94. The lowest BCUT2D eigenvalue weighted by Crippen LogP contribution is -2.66. The number of amides is 2. The first-order chi connectivity index (χ1) is 14.2. The molecule has 2 aromatic rings. The topological polar surface area (TPSA) is 66.8 Å². The van der Waals surface area contributed by atoms with Gasteiger partial charge in [-0.05, 0) is 42.0 Å². The standard InChI is InChI=1S/C25H27NO4/c1-14(2)19(27)13-20(28)26-21-22(30-23(26)29)25(4)17-11-7-5-9-15(17)24(21,3)16-10-6-8-12-18(16)25/h5-12,14,19,21-22,27H,13H2,1-4H3/t19-,21-,22+,24?,25?/m1/s1. The van der Waals surface area contributed by atoms with E-state index in [9.17, 15) is 14.7 Å². The zero-order valence-electron chi connectivity index (χ0n) is 17.8. The lowest BCUT2D eigenvalue weighted by molar-refractivity contribution is -0.133. The molecule has 0 radical (unpaired) electrons. The Morgan fingerprint density at radius 3 is 1.93 bits per heavy atom. The quantitative estimate of drug-likeness (QED) is 0.845. The highest BCUT2D eigenvalue weighted by Gasteiger charge is 2.69. The molecule has 1 aliphatic heterocycles. The van der Waals surface area contributed by atoms with Crippen molar-refractivity contribution >= 4 is 12.0 Å². The maximum Gasteiger partial charge on any atom is 0.417 e. The van der Waals surface area contributed by atoms with Crippen molar-refractivity contribution in [3.05, 3.63) is 70.8 Å². The number of ether oxygens (including phenoxy) is 1. The maximum absolute atomic E-state index is 13.2. The first-order valence-corrected chi connectivity index (χ1v) is 10.6. The van der Waals surface area contributed by atoms with Crippen LogP contribution in [0.15, 0.2) is 48.5 Å². The van der Waals surface area contributed by atoms with Crippen LogP contribution in [0.1, 0.15) is 56.4 Å². The molecule has 6 rings (SSSR count). The third kappa shape index (κ3) is 2.16. The van der Waals surface area contributed by atoms with Gasteiger partial charge >= 0.3 is 6.09 Å². The van der Waals surface area contributed by atoms with Gasteiger partial charge in [0.15, 0.2) is 0 Å². The summed E-state index contributed by atoms with van der Waals surface area (Å²) in [5.74, 6) is -0.443. The van der Waals surface area contributed by atoms with Crippen LogP contribution in [-0.2, 0) is 20.4 Å². The van der Waals surface area contributed by atoms with Crippen LogP contribution in [0, 0.1) is 5.92 Å². The molecule has 1 saturated heterocycles. The molecule has 4 aliphatic rings. The SMILES string of the molecule is CC(C)[C@H](O)CC(=O)N1C(=O)O[C@H]2[C@@H]1C1(C)c3ccccc3C2(C)c2ccccc21. The molecule has 0 spiro atoms. The molecule has 0 saturated carbocycles. The van der Waals surface area contributed by atoms with Gasteiger partial charge in [0.1, 0.15) is 6.10 Å². The van der Waals surface area contributed by atoms with E-state index in [0.717, 1.165) is 22.3 Å². The number of carbonyl (C=O) groups excluding carboxylic acids is 2. The Hall–Kier alpha value is -2.66. The zero-order valence-corrected chi connectivity index (χ0v) is 17.8. The van der Waals surface area contributed by atoms with Gasteiger partial charge in [-0.2, -0.15) is 0 Å². The van der Waals surface area contributed by atoms with Gasteiger partial charge in [-0.1, -0.05) is 62.4 Å². The van der Waals surface area contributed by atoms with Crippen molar-refractivity contribution in [2.24, 2.45) is 5.92 Å². The van der Waals surface area contributed by atoms with E-state index in [1.807, 2.05) is 38.1 Å². The Bertz CT molecular complexity index is 1010. The number of rotatable bonds is 3. The van der Waals surface area contributed by atoms with E-state index >= 15 is 0 Å². The van der Waals surface area contributed by atoms with Crippen LogP contribution in [-0.4, -0.2) is 40.3 Å². The average Bonchev–Trinajstić information content (AvgIpc) is 3.10. The van der Waals surface area contributed by atoms with Gasteiger partial charge in [0.2, 0.25) is 5.91 Å². The first-order valence-electron chi connectivity index (χ1n) is 10.6. The predicted octanol–water partition coefficient (Wildman–Crippen LogP) is 3.75. The zero-order chi connectivity index (χ0) is 21.4. The summed E-state index contributed by atoms with van der Waals surface area (Å²) in [7, 11) is 0. The second-order valence-corrected chi connectivity index (χ2v) is 9.52. The van der Waals surface area contributed by atoms with Crippen LogP contribution in [0.25, 0.3) is 0 Å². The predicted molar refractivity (Wildman–Crippen MR) is 112 cm³/mol. The van der Waals surface area contributed by atoms with Crippen molar-refractivity contribution in [2.45, 2.75) is 63.2 Å². The number of hydrogen-bond acceptors (Lipinski definition) is 4. The molecular weight excluding hydrogens is 378 g/mol. The van der Waals surface area contributed by atoms with Crippen LogP contribution < -0.4 is 0 Å². The van der Waals surface area contributed by atoms with Crippen LogP contribution in [0.3, 0.4) is 0 Å². The smallest absolute Gasteiger partial charge is 0.417 e. The number of hydrogen-bond donors (Lipinski definition) is 1. The minimum Gasteiger partial charge on any atom is -0.442 e. The van der Waals surface area contributed by atoms with Crippen molar-refractivity contribution < 1.29 is 19.4 Å². The molecule has 3 aliphatic carbocycles. The third-order valence-electron chi connectivity index (χ3n) is 7.66. The van der Waals surface area contributed by atoms with E-state index in [4.69, 9.17) is 4.74 Å². The summed E-state index contributed by atoms with van der Waals surface area (Å²) in [5, 5.41) is 10.3. The number of benzene rings is 2. The molecule has 1 heterocycles. The second kappa shape index (κ2) is 6.17. The lowest BCUT2D eigenvalue weighted by Gasteiger charge is -2.58. The second-order valence-electron chi connectivity index (χ2n) is 9.52. The Morgan fingerprint density at radius 1 is 1.00 bits per heavy atom. The van der Waals surface area contributed by atoms with Gasteiger partial charge < -0.3 is 9.84 Å².